The number of carboxylic acid groups (broad SMARTS) is 1. The maximum Gasteiger partial charge on any atom is 0.429 e. The number of hydrogen-bond donors (Lipinski definition) is 2. The summed E-state index contributed by atoms with van der Waals surface area (Å²) >= 11 is 0. The molecule has 4 heterocycles. The molecule has 2 aliphatic heterocycles. The molecule has 2 aromatic heterocycles. The number of halogens is 3. The lowest BCUT2D eigenvalue weighted by molar-refractivity contribution is -0.198. The first-order chi connectivity index (χ1) is 22.6. The van der Waals surface area contributed by atoms with Crippen LogP contribution in [0.2, 0.25) is 0 Å². The summed E-state index contributed by atoms with van der Waals surface area (Å²) in [5, 5.41) is 17.0. The van der Waals surface area contributed by atoms with E-state index in [-0.39, 0.29) is 33.8 Å². The summed E-state index contributed by atoms with van der Waals surface area (Å²) in [5.41, 5.74) is 3.43. The Morgan fingerprint density at radius 2 is 1.69 bits per heavy atom. The molecule has 254 valence electrons. The molecule has 0 aliphatic carbocycles. The second kappa shape index (κ2) is 12.5. The highest BCUT2D eigenvalue weighted by Gasteiger charge is 2.46. The lowest BCUT2D eigenvalue weighted by atomic mass is 9.76. The molecule has 2 aliphatic rings. The Kier molecular flexibility index (Phi) is 8.74. The fourth-order valence-corrected chi connectivity index (χ4v) is 6.71. The van der Waals surface area contributed by atoms with Crippen molar-refractivity contribution in [3.05, 3.63) is 83.4 Å². The monoisotopic (exact) mass is 662 g/mol. The fraction of sp³-hybridized carbons (Fsp3) is 0.444. The van der Waals surface area contributed by atoms with Crippen LogP contribution in [-0.2, 0) is 10.2 Å². The summed E-state index contributed by atoms with van der Waals surface area (Å²) in [4.78, 5) is 22.3. The number of ether oxygens (including phenoxy) is 1. The van der Waals surface area contributed by atoms with Crippen LogP contribution in [0.15, 0.2) is 60.8 Å². The molecule has 2 fully saturated rings. The van der Waals surface area contributed by atoms with Gasteiger partial charge in [-0.25, -0.2) is 9.67 Å². The predicted octanol–water partition coefficient (Wildman–Crippen LogP) is 6.96. The molecule has 2 aromatic carbocycles. The third kappa shape index (κ3) is 7.03. The van der Waals surface area contributed by atoms with Gasteiger partial charge >= 0.3 is 12.1 Å². The van der Waals surface area contributed by atoms with E-state index in [1.807, 2.05) is 29.2 Å². The smallest absolute Gasteiger partial charge is 0.429 e. The number of nitrogens with zero attached hydrogens (tertiary/aromatic N) is 5. The van der Waals surface area contributed by atoms with Gasteiger partial charge in [-0.1, -0.05) is 57.2 Å². The highest BCUT2D eigenvalue weighted by Crippen LogP contribution is 2.43. The summed E-state index contributed by atoms with van der Waals surface area (Å²) in [6.07, 6.45) is -3.43. The molecule has 48 heavy (non-hydrogen) atoms. The Morgan fingerprint density at radius 1 is 1.00 bits per heavy atom. The fourth-order valence-electron chi connectivity index (χ4n) is 6.71. The van der Waals surface area contributed by atoms with Crippen LogP contribution in [0.1, 0.15) is 68.8 Å². The zero-order valence-electron chi connectivity index (χ0n) is 27.8. The van der Waals surface area contributed by atoms with Gasteiger partial charge in [0, 0.05) is 37.5 Å². The van der Waals surface area contributed by atoms with Gasteiger partial charge in [-0.15, -0.1) is 0 Å². The van der Waals surface area contributed by atoms with E-state index in [0.29, 0.717) is 37.6 Å². The van der Waals surface area contributed by atoms with Gasteiger partial charge in [-0.3, -0.25) is 4.79 Å². The third-order valence-electron chi connectivity index (χ3n) is 9.51. The summed E-state index contributed by atoms with van der Waals surface area (Å²) in [5.74, 6) is -0.268. The van der Waals surface area contributed by atoms with Crippen molar-refractivity contribution in [3.8, 4) is 22.7 Å². The van der Waals surface area contributed by atoms with Gasteiger partial charge in [-0.2, -0.15) is 23.3 Å². The number of piperidine rings is 1. The first-order valence-corrected chi connectivity index (χ1v) is 16.2. The van der Waals surface area contributed by atoms with Crippen LogP contribution < -0.4 is 15.0 Å². The molecule has 1 spiro atoms. The average Bonchev–Trinajstić information content (AvgIpc) is 3.65. The van der Waals surface area contributed by atoms with Crippen molar-refractivity contribution in [2.24, 2.45) is 5.41 Å². The highest BCUT2D eigenvalue weighted by atomic mass is 19.4. The number of hydrogen-bond acceptors (Lipinski definition) is 7. The SMILES string of the molecule is Cc1ccn(-c2cc(-c3ccc(C(C)(C)C)cc3)ccc2[C@@H](Oc2cc(N3CCC4(CC3)CNC(C(=O)O)C4)nc(C)n2)C(F)(F)F)n1. The second-order valence-electron chi connectivity index (χ2n) is 14.1. The molecule has 4 aromatic rings. The molecule has 0 radical (unpaired) electrons. The Morgan fingerprint density at radius 3 is 2.27 bits per heavy atom. The molecule has 6 rings (SSSR count). The van der Waals surface area contributed by atoms with Crippen LogP contribution in [0, 0.1) is 19.3 Å². The largest absolute Gasteiger partial charge is 0.480 e. The standard InChI is InChI=1S/C36H41F3N6O3/c1-22-12-15-45(43-22)29-18-25(24-6-9-26(10-7-24)34(3,4)5)8-11-27(29)32(36(37,38)39)48-31-19-30(41-23(2)42-31)44-16-13-35(14-17-44)20-28(33(46)47)40-21-35/h6-12,15,18-19,28,32,40H,13-14,16-17,20-21H2,1-5H3,(H,46,47)/t28?,32-/m1/s1. The van der Waals surface area contributed by atoms with Crippen molar-refractivity contribution >= 4 is 11.8 Å². The van der Waals surface area contributed by atoms with Crippen LogP contribution >= 0.6 is 0 Å². The van der Waals surface area contributed by atoms with E-state index in [1.54, 1.807) is 38.2 Å². The number of alkyl halides is 3. The Balaban J connectivity index is 1.30. The van der Waals surface area contributed by atoms with Crippen LogP contribution in [0.5, 0.6) is 5.88 Å². The molecular formula is C36H41F3N6O3. The van der Waals surface area contributed by atoms with Gasteiger partial charge in [0.05, 0.1) is 11.4 Å². The number of aromatic nitrogens is 4. The van der Waals surface area contributed by atoms with E-state index in [9.17, 15) is 23.1 Å². The molecule has 0 saturated carbocycles. The highest BCUT2D eigenvalue weighted by molar-refractivity contribution is 5.74. The molecular weight excluding hydrogens is 621 g/mol. The van der Waals surface area contributed by atoms with Crippen LogP contribution in [-0.4, -0.2) is 62.7 Å². The zero-order valence-corrected chi connectivity index (χ0v) is 27.8. The maximum absolute atomic E-state index is 14.9. The molecule has 2 saturated heterocycles. The van der Waals surface area contributed by atoms with Crippen molar-refractivity contribution in [3.63, 3.8) is 0 Å². The van der Waals surface area contributed by atoms with Crippen LogP contribution in [0.3, 0.4) is 0 Å². The van der Waals surface area contributed by atoms with Gasteiger partial charge in [0.25, 0.3) is 0 Å². The number of carbonyl (C=O) groups is 1. The average molecular weight is 663 g/mol. The predicted molar refractivity (Wildman–Crippen MR) is 177 cm³/mol. The van der Waals surface area contributed by atoms with Crippen molar-refractivity contribution < 1.29 is 27.8 Å². The normalized spacial score (nSPS) is 18.7. The van der Waals surface area contributed by atoms with Crippen LogP contribution in [0.4, 0.5) is 19.0 Å². The summed E-state index contributed by atoms with van der Waals surface area (Å²) < 4.78 is 52.0. The Labute approximate surface area is 278 Å². The van der Waals surface area contributed by atoms with Crippen molar-refractivity contribution in [2.45, 2.75) is 77.6 Å². The van der Waals surface area contributed by atoms with Gasteiger partial charge in [0.2, 0.25) is 12.0 Å². The number of aliphatic carboxylic acids is 1. The van der Waals surface area contributed by atoms with E-state index in [1.165, 1.54) is 16.8 Å². The van der Waals surface area contributed by atoms with Gasteiger partial charge in [0.15, 0.2) is 0 Å². The van der Waals surface area contributed by atoms with E-state index < -0.39 is 24.3 Å². The second-order valence-corrected chi connectivity index (χ2v) is 14.1. The molecule has 0 amide bonds. The summed E-state index contributed by atoms with van der Waals surface area (Å²) in [6, 6.07) is 15.5. The van der Waals surface area contributed by atoms with Gasteiger partial charge in [-0.05, 0) is 72.8 Å². The minimum absolute atomic E-state index is 0.0359. The van der Waals surface area contributed by atoms with Gasteiger partial charge < -0.3 is 20.1 Å². The molecule has 2 N–H and O–H groups in total. The molecule has 9 nitrogen and oxygen atoms in total. The number of anilines is 1. The third-order valence-corrected chi connectivity index (χ3v) is 9.51. The molecule has 2 atom stereocenters. The Hall–Kier alpha value is -4.45. The van der Waals surface area contributed by atoms with E-state index >= 15 is 0 Å². The number of rotatable bonds is 7. The topological polar surface area (TPSA) is 105 Å². The summed E-state index contributed by atoms with van der Waals surface area (Å²) in [6.45, 7) is 11.6. The minimum Gasteiger partial charge on any atom is -0.480 e. The van der Waals surface area contributed by atoms with Crippen molar-refractivity contribution in [1.82, 2.24) is 25.1 Å². The van der Waals surface area contributed by atoms with E-state index in [0.717, 1.165) is 29.5 Å². The summed E-state index contributed by atoms with van der Waals surface area (Å²) in [7, 11) is 0. The molecule has 12 heteroatoms. The van der Waals surface area contributed by atoms with Gasteiger partial charge in [0.1, 0.15) is 17.7 Å². The van der Waals surface area contributed by atoms with Crippen molar-refractivity contribution in [1.29, 1.82) is 0 Å². The maximum atomic E-state index is 14.9. The van der Waals surface area contributed by atoms with Crippen molar-refractivity contribution in [2.75, 3.05) is 24.5 Å². The lowest BCUT2D eigenvalue weighted by Gasteiger charge is -2.39. The number of aryl methyl sites for hydroxylation is 2. The van der Waals surface area contributed by atoms with E-state index in [4.69, 9.17) is 4.74 Å². The number of carboxylic acids is 1. The lowest BCUT2D eigenvalue weighted by Crippen LogP contribution is -2.41. The first-order valence-electron chi connectivity index (χ1n) is 16.2. The number of nitrogens with one attached hydrogen (secondary N) is 1. The Bertz CT molecular complexity index is 1790. The first kappa shape index (κ1) is 33.5. The minimum atomic E-state index is -4.78. The molecule has 0 bridgehead atoms. The zero-order chi connectivity index (χ0) is 34.4. The molecule has 1 unspecified atom stereocenters. The quantitative estimate of drug-likeness (QED) is 0.219. The number of benzene rings is 2. The van der Waals surface area contributed by atoms with E-state index in [2.05, 4.69) is 41.2 Å². The van der Waals surface area contributed by atoms with Crippen LogP contribution in [0.25, 0.3) is 16.8 Å².